The highest BCUT2D eigenvalue weighted by Gasteiger charge is 2.23. The molecule has 4 aromatic rings. The molecule has 2 amide bonds. The molecule has 6 nitrogen and oxygen atoms in total. The smallest absolute Gasteiger partial charge is 0.255 e. The molecule has 0 bridgehead atoms. The van der Waals surface area contributed by atoms with E-state index in [1.54, 1.807) is 18.2 Å². The van der Waals surface area contributed by atoms with Gasteiger partial charge in [0, 0.05) is 6.42 Å². The van der Waals surface area contributed by atoms with Gasteiger partial charge in [-0.15, -0.1) is 0 Å². The Kier molecular flexibility index (Phi) is 8.66. The van der Waals surface area contributed by atoms with Crippen LogP contribution in [0.2, 0.25) is 0 Å². The van der Waals surface area contributed by atoms with Crippen LogP contribution >= 0.6 is 0 Å². The van der Waals surface area contributed by atoms with Gasteiger partial charge in [-0.05, 0) is 41.0 Å². The Morgan fingerprint density at radius 1 is 0.737 bits per heavy atom. The zero-order valence-corrected chi connectivity index (χ0v) is 20.4. The fourth-order valence-corrected chi connectivity index (χ4v) is 3.76. The van der Waals surface area contributed by atoms with Crippen molar-refractivity contribution in [2.45, 2.75) is 25.7 Å². The van der Waals surface area contributed by atoms with Crippen molar-refractivity contribution in [3.8, 4) is 11.5 Å². The number of hydrogen-bond acceptors (Lipinski definition) is 4. The molecular formula is C30H26F2N2O4. The molecule has 0 aromatic heterocycles. The monoisotopic (exact) mass is 516 g/mol. The van der Waals surface area contributed by atoms with Crippen LogP contribution in [-0.2, 0) is 24.4 Å². The predicted molar refractivity (Wildman–Crippen MR) is 139 cm³/mol. The van der Waals surface area contributed by atoms with Crippen molar-refractivity contribution in [2.75, 3.05) is 0 Å². The van der Waals surface area contributed by atoms with Gasteiger partial charge in [-0.2, -0.15) is 0 Å². The number of nitrogens with one attached hydrogen (secondary N) is 1. The molecule has 8 heteroatoms. The van der Waals surface area contributed by atoms with E-state index in [-0.39, 0.29) is 13.0 Å². The summed E-state index contributed by atoms with van der Waals surface area (Å²) in [6, 6.07) is 26.4. The van der Waals surface area contributed by atoms with Crippen LogP contribution in [0.15, 0.2) is 97.1 Å². The molecule has 0 heterocycles. The predicted octanol–water partition coefficient (Wildman–Crippen LogP) is 4.95. The summed E-state index contributed by atoms with van der Waals surface area (Å²) < 4.78 is 39.7. The molecule has 3 N–H and O–H groups in total. The summed E-state index contributed by atoms with van der Waals surface area (Å²) in [7, 11) is 0. The second-order valence-corrected chi connectivity index (χ2v) is 8.56. The standard InChI is InChI=1S/C30H26F2N2O4/c31-24-13-7-12-23(28(24)32)30(36)34-25(29(33)35)16-22-14-15-26(37-18-20-8-3-1-4-9-20)27(17-22)38-19-21-10-5-2-6-11-21/h1-15,17,25H,16,18-19H2,(H2,33,35)(H,34,36)/t25-/m0/s1. The van der Waals surface area contributed by atoms with Crippen molar-refractivity contribution >= 4 is 11.8 Å². The van der Waals surface area contributed by atoms with Crippen molar-refractivity contribution in [1.29, 1.82) is 0 Å². The number of primary amides is 1. The first-order valence-electron chi connectivity index (χ1n) is 11.9. The van der Waals surface area contributed by atoms with Gasteiger partial charge in [0.05, 0.1) is 5.56 Å². The topological polar surface area (TPSA) is 90.7 Å². The minimum atomic E-state index is -1.30. The molecule has 4 rings (SSSR count). The lowest BCUT2D eigenvalue weighted by Gasteiger charge is -2.18. The molecule has 0 saturated heterocycles. The molecule has 194 valence electrons. The van der Waals surface area contributed by atoms with Crippen LogP contribution in [0, 0.1) is 11.6 Å². The van der Waals surface area contributed by atoms with E-state index in [1.165, 1.54) is 6.07 Å². The van der Waals surface area contributed by atoms with Crippen LogP contribution < -0.4 is 20.5 Å². The van der Waals surface area contributed by atoms with Crippen LogP contribution in [0.3, 0.4) is 0 Å². The van der Waals surface area contributed by atoms with E-state index in [0.717, 1.165) is 23.3 Å². The Hall–Kier alpha value is -4.72. The lowest BCUT2D eigenvalue weighted by atomic mass is 10.0. The molecule has 0 fully saturated rings. The maximum atomic E-state index is 14.1. The molecule has 0 unspecified atom stereocenters. The summed E-state index contributed by atoms with van der Waals surface area (Å²) in [5.41, 5.74) is 7.54. The summed E-state index contributed by atoms with van der Waals surface area (Å²) in [6.45, 7) is 0.599. The number of hydrogen-bond donors (Lipinski definition) is 2. The molecule has 0 radical (unpaired) electrons. The molecule has 0 aliphatic heterocycles. The lowest BCUT2D eigenvalue weighted by Crippen LogP contribution is -2.46. The van der Waals surface area contributed by atoms with Gasteiger partial charge in [0.15, 0.2) is 23.1 Å². The van der Waals surface area contributed by atoms with Crippen molar-refractivity contribution in [3.05, 3.63) is 131 Å². The average Bonchev–Trinajstić information content (AvgIpc) is 2.93. The van der Waals surface area contributed by atoms with Gasteiger partial charge in [0.25, 0.3) is 5.91 Å². The fraction of sp³-hybridized carbons (Fsp3) is 0.133. The lowest BCUT2D eigenvalue weighted by molar-refractivity contribution is -0.119. The highest BCUT2D eigenvalue weighted by atomic mass is 19.2. The first-order valence-corrected chi connectivity index (χ1v) is 11.9. The SMILES string of the molecule is NC(=O)[C@H](Cc1ccc(OCc2ccccc2)c(OCc2ccccc2)c1)NC(=O)c1cccc(F)c1F. The summed E-state index contributed by atoms with van der Waals surface area (Å²) in [5, 5.41) is 2.40. The van der Waals surface area contributed by atoms with Crippen molar-refractivity contribution in [3.63, 3.8) is 0 Å². The highest BCUT2D eigenvalue weighted by molar-refractivity contribution is 5.97. The number of carbonyl (C=O) groups is 2. The Balaban J connectivity index is 1.53. The Bertz CT molecular complexity index is 1400. The van der Waals surface area contributed by atoms with E-state index in [2.05, 4.69) is 5.32 Å². The maximum Gasteiger partial charge on any atom is 0.255 e. The third-order valence-electron chi connectivity index (χ3n) is 5.77. The molecule has 0 aliphatic carbocycles. The Labute approximate surface area is 219 Å². The number of benzene rings is 4. The number of amides is 2. The fourth-order valence-electron chi connectivity index (χ4n) is 3.76. The maximum absolute atomic E-state index is 14.1. The second kappa shape index (κ2) is 12.5. The van der Waals surface area contributed by atoms with Gasteiger partial charge < -0.3 is 20.5 Å². The first-order chi connectivity index (χ1) is 18.4. The Morgan fingerprint density at radius 3 is 1.95 bits per heavy atom. The van der Waals surface area contributed by atoms with Crippen molar-refractivity contribution in [2.24, 2.45) is 5.73 Å². The molecule has 4 aromatic carbocycles. The van der Waals surface area contributed by atoms with Crippen LogP contribution in [-0.4, -0.2) is 17.9 Å². The van der Waals surface area contributed by atoms with E-state index < -0.39 is 35.1 Å². The van der Waals surface area contributed by atoms with E-state index in [4.69, 9.17) is 15.2 Å². The third-order valence-corrected chi connectivity index (χ3v) is 5.77. The largest absolute Gasteiger partial charge is 0.485 e. The van der Waals surface area contributed by atoms with E-state index in [1.807, 2.05) is 60.7 Å². The number of nitrogens with two attached hydrogens (primary N) is 1. The number of rotatable bonds is 11. The summed E-state index contributed by atoms with van der Waals surface area (Å²) in [5.74, 6) is -3.31. The van der Waals surface area contributed by atoms with Crippen LogP contribution in [0.4, 0.5) is 8.78 Å². The van der Waals surface area contributed by atoms with Gasteiger partial charge in [-0.3, -0.25) is 9.59 Å². The van der Waals surface area contributed by atoms with Crippen molar-refractivity contribution < 1.29 is 27.8 Å². The molecule has 0 aliphatic rings. The quantitative estimate of drug-likeness (QED) is 0.295. The van der Waals surface area contributed by atoms with Gasteiger partial charge in [-0.1, -0.05) is 72.8 Å². The van der Waals surface area contributed by atoms with Crippen LogP contribution in [0.1, 0.15) is 27.0 Å². The number of ether oxygens (including phenoxy) is 2. The van der Waals surface area contributed by atoms with E-state index >= 15 is 0 Å². The zero-order valence-electron chi connectivity index (χ0n) is 20.4. The van der Waals surface area contributed by atoms with Gasteiger partial charge in [-0.25, -0.2) is 8.78 Å². The molecule has 38 heavy (non-hydrogen) atoms. The number of carbonyl (C=O) groups excluding carboxylic acids is 2. The van der Waals surface area contributed by atoms with Crippen molar-refractivity contribution in [1.82, 2.24) is 5.32 Å². The average molecular weight is 517 g/mol. The first kappa shape index (κ1) is 26.3. The van der Waals surface area contributed by atoms with E-state index in [0.29, 0.717) is 23.7 Å². The van der Waals surface area contributed by atoms with Gasteiger partial charge >= 0.3 is 0 Å². The zero-order chi connectivity index (χ0) is 26.9. The molecule has 1 atom stereocenters. The van der Waals surface area contributed by atoms with Crippen LogP contribution in [0.5, 0.6) is 11.5 Å². The molecule has 0 saturated carbocycles. The number of halogens is 2. The van der Waals surface area contributed by atoms with Gasteiger partial charge in [0.2, 0.25) is 5.91 Å². The molecule has 0 spiro atoms. The summed E-state index contributed by atoms with van der Waals surface area (Å²) in [6.07, 6.45) is -0.00132. The summed E-state index contributed by atoms with van der Waals surface area (Å²) >= 11 is 0. The minimum absolute atomic E-state index is 0.00132. The summed E-state index contributed by atoms with van der Waals surface area (Å²) in [4.78, 5) is 24.7. The second-order valence-electron chi connectivity index (χ2n) is 8.56. The minimum Gasteiger partial charge on any atom is -0.485 e. The van der Waals surface area contributed by atoms with Crippen LogP contribution in [0.25, 0.3) is 0 Å². The normalized spacial score (nSPS) is 11.4. The third kappa shape index (κ3) is 6.94. The highest BCUT2D eigenvalue weighted by Crippen LogP contribution is 2.30. The molecular weight excluding hydrogens is 490 g/mol. The Morgan fingerprint density at radius 2 is 1.34 bits per heavy atom. The van der Waals surface area contributed by atoms with E-state index in [9.17, 15) is 18.4 Å². The van der Waals surface area contributed by atoms with Gasteiger partial charge in [0.1, 0.15) is 19.3 Å².